The van der Waals surface area contributed by atoms with E-state index in [1.165, 1.54) is 70.6 Å². The van der Waals surface area contributed by atoms with Crippen LogP contribution in [0, 0.1) is 79.6 Å². The quantitative estimate of drug-likeness (QED) is 0.0302. The van der Waals surface area contributed by atoms with Crippen molar-refractivity contribution in [2.45, 2.75) is 233 Å². The summed E-state index contributed by atoms with van der Waals surface area (Å²) in [7, 11) is 0. The van der Waals surface area contributed by atoms with Crippen LogP contribution in [0.4, 0.5) is 0 Å². The maximum atomic E-state index is 11.5. The molecule has 1 radical (unpaired) electrons. The van der Waals surface area contributed by atoms with Gasteiger partial charge in [0, 0.05) is 72.6 Å². The van der Waals surface area contributed by atoms with Crippen LogP contribution in [-0.2, 0) is 28.4 Å². The molecule has 329 valence electrons. The Bertz CT molecular complexity index is 1140. The molecule has 0 saturated carbocycles. The van der Waals surface area contributed by atoms with E-state index in [9.17, 15) is 15.7 Å². The Morgan fingerprint density at radius 1 is 0.632 bits per heavy atom. The van der Waals surface area contributed by atoms with E-state index < -0.39 is 43.2 Å². The minimum absolute atomic E-state index is 0. The first-order valence-electron chi connectivity index (χ1n) is 22.9. The molecule has 12 heteroatoms. The molecule has 0 aromatic carbocycles. The van der Waals surface area contributed by atoms with Crippen LogP contribution >= 0.6 is 0 Å². The van der Waals surface area contributed by atoms with Gasteiger partial charge in [0.2, 0.25) is 0 Å². The van der Waals surface area contributed by atoms with Crippen molar-refractivity contribution in [3.05, 3.63) is 22.6 Å². The molecule has 0 aliphatic carbocycles. The van der Waals surface area contributed by atoms with Crippen molar-refractivity contribution in [3.63, 3.8) is 0 Å². The molecule has 3 aliphatic rings. The summed E-state index contributed by atoms with van der Waals surface area (Å²) in [6, 6.07) is -0.422. The maximum Gasteiger partial charge on any atom is 0.184 e. The third-order valence-electron chi connectivity index (χ3n) is 13.3. The van der Waals surface area contributed by atoms with Gasteiger partial charge >= 0.3 is 0 Å². The largest absolute Gasteiger partial charge is 0.392 e. The first kappa shape index (κ1) is 53.3. The van der Waals surface area contributed by atoms with E-state index >= 15 is 0 Å². The van der Waals surface area contributed by atoms with Gasteiger partial charge in [-0.3, -0.25) is 0 Å². The van der Waals surface area contributed by atoms with Gasteiger partial charge in [0.1, 0.15) is 6.10 Å². The summed E-state index contributed by atoms with van der Waals surface area (Å²) in [5, 5.41) is 26.5. The van der Waals surface area contributed by atoms with Crippen LogP contribution in [0.1, 0.15) is 166 Å². The Hall–Kier alpha value is 0.172. The van der Waals surface area contributed by atoms with Crippen LogP contribution in [0.5, 0.6) is 0 Å². The molecule has 3 fully saturated rings. The van der Waals surface area contributed by atoms with Gasteiger partial charge in [-0.15, -0.1) is 0 Å². The number of aliphatic hydroxyl groups is 2. The van der Waals surface area contributed by atoms with Gasteiger partial charge in [-0.2, -0.15) is 0 Å². The Morgan fingerprint density at radius 3 is 1.67 bits per heavy atom. The number of nitrogens with zero attached hydrogens (tertiary/aromatic N) is 3. The molecule has 3 heterocycles. The minimum Gasteiger partial charge on any atom is -0.392 e. The summed E-state index contributed by atoms with van der Waals surface area (Å²) in [6.07, 6.45) is 17.5. The summed E-state index contributed by atoms with van der Waals surface area (Å²) < 4.78 is 39.0. The Balaban J connectivity index is 0.0000112. The van der Waals surface area contributed by atoms with Crippen molar-refractivity contribution in [3.8, 4) is 0 Å². The third-order valence-corrected chi connectivity index (χ3v) is 13.3. The van der Waals surface area contributed by atoms with Gasteiger partial charge in [-0.05, 0) is 49.5 Å². The Kier molecular flexibility index (Phi) is 26.9. The van der Waals surface area contributed by atoms with Gasteiger partial charge in [-0.25, -0.2) is 0 Å². The molecule has 17 atom stereocenters. The molecule has 3 rings (SSSR count). The number of aliphatic hydroxyl groups excluding tert-OH is 2. The first-order chi connectivity index (χ1) is 26.9. The van der Waals surface area contributed by atoms with Crippen molar-refractivity contribution < 1.29 is 82.7 Å². The molecule has 0 aromatic heterocycles. The SMILES string of the molecule is CCCCCCCCCCCCC/C=C/[C@@H](C)C(CO[C@@H]1OC(CC)[C@@H](O[C@@H]2OC(CC)[C@H](O[C@H]3OC(CC)[C@H](C)C(O)C3C)C(C)C2C)C(C)C1O)N=[N+]=[N-].[Ac]. The zero-order valence-electron chi connectivity index (χ0n) is 37.5. The van der Waals surface area contributed by atoms with Gasteiger partial charge < -0.3 is 38.6 Å². The molecule has 57 heavy (non-hydrogen) atoms. The maximum absolute atomic E-state index is 11.5. The summed E-state index contributed by atoms with van der Waals surface area (Å²) in [5.74, 6) is -0.360. The molecule has 0 spiro atoms. The van der Waals surface area contributed by atoms with E-state index in [1.807, 2.05) is 34.6 Å². The topological polar surface area (TPSA) is 145 Å². The predicted octanol–water partition coefficient (Wildman–Crippen LogP) is 10.7. The molecule has 0 bridgehead atoms. The summed E-state index contributed by atoms with van der Waals surface area (Å²) >= 11 is 0. The second kappa shape index (κ2) is 28.7. The van der Waals surface area contributed by atoms with Crippen molar-refractivity contribution in [2.24, 2.45) is 40.6 Å². The van der Waals surface area contributed by atoms with Crippen LogP contribution in [0.15, 0.2) is 17.3 Å². The van der Waals surface area contributed by atoms with E-state index in [4.69, 9.17) is 28.4 Å². The molecule has 2 N–H and O–H groups in total. The number of hydrogen-bond acceptors (Lipinski definition) is 9. The summed E-state index contributed by atoms with van der Waals surface area (Å²) in [5.41, 5.74) is 9.34. The number of allylic oxidation sites excluding steroid dienone is 1. The third kappa shape index (κ3) is 16.1. The smallest absolute Gasteiger partial charge is 0.184 e. The normalized spacial score (nSPS) is 37.0. The van der Waals surface area contributed by atoms with Gasteiger partial charge in [0.05, 0.1) is 49.3 Å². The zero-order valence-corrected chi connectivity index (χ0v) is 42.3. The second-order valence-electron chi connectivity index (χ2n) is 17.5. The molecule has 11 nitrogen and oxygen atoms in total. The molecule has 3 aliphatic heterocycles. The average molecular weight is 1020 g/mol. The van der Waals surface area contributed by atoms with Crippen LogP contribution in [0.25, 0.3) is 10.4 Å². The number of ether oxygens (including phenoxy) is 6. The van der Waals surface area contributed by atoms with Crippen molar-refractivity contribution in [1.82, 2.24) is 0 Å². The van der Waals surface area contributed by atoms with E-state index in [1.54, 1.807) is 0 Å². The first-order valence-corrected chi connectivity index (χ1v) is 22.9. The van der Waals surface area contributed by atoms with Crippen LogP contribution in [-0.4, -0.2) is 84.5 Å². The second-order valence-corrected chi connectivity index (χ2v) is 17.5. The standard InChI is InChI=1S/C45H83N3O8.Ac/c1-11-15-16-17-18-19-20-21-22-23-24-25-26-27-29(5)35(47-48-46)28-51-45-40(50)33(9)42(38(14-4)54-45)56-43-31(7)30(6)41(37(13-3)53-43)55-44-34(10)39(49)32(8)36(12-2)52-44;/h26-27,29-45,49-50H,11-25,28H2,1-10H3;/b27-26+;/t29-,30?,31?,32+,33?,34?,35?,36?,37?,38?,39?,40?,41-,42+,43+,44-,45-;/m1./s1. The predicted molar refractivity (Wildman–Crippen MR) is 223 cm³/mol. The fourth-order valence-electron chi connectivity index (χ4n) is 8.87. The summed E-state index contributed by atoms with van der Waals surface area (Å²) in [6.45, 7) is 21.0. The van der Waals surface area contributed by atoms with Crippen molar-refractivity contribution in [1.29, 1.82) is 0 Å². The number of azide groups is 1. The van der Waals surface area contributed by atoms with E-state index in [0.29, 0.717) is 6.42 Å². The number of unbranched alkanes of at least 4 members (excludes halogenated alkanes) is 11. The average Bonchev–Trinajstić information content (AvgIpc) is 3.19. The fourth-order valence-corrected chi connectivity index (χ4v) is 8.87. The van der Waals surface area contributed by atoms with Crippen molar-refractivity contribution in [2.75, 3.05) is 6.61 Å². The van der Waals surface area contributed by atoms with Crippen LogP contribution in [0.3, 0.4) is 0 Å². The van der Waals surface area contributed by atoms with Crippen molar-refractivity contribution >= 4 is 0 Å². The molecular weight excluding hydrogens is 938 g/mol. The van der Waals surface area contributed by atoms with Crippen LogP contribution < -0.4 is 0 Å². The van der Waals surface area contributed by atoms with Gasteiger partial charge in [0.15, 0.2) is 18.9 Å². The fraction of sp³-hybridized carbons (Fsp3) is 0.956. The molecule has 10 unspecified atom stereocenters. The molecule has 3 saturated heterocycles. The molecule has 0 aromatic rings. The molecular formula is C45H83AcN3O8. The van der Waals surface area contributed by atoms with E-state index in [2.05, 4.69) is 56.8 Å². The minimum atomic E-state index is -0.943. The van der Waals surface area contributed by atoms with E-state index in [-0.39, 0.29) is 111 Å². The Labute approximate surface area is 383 Å². The summed E-state index contributed by atoms with van der Waals surface area (Å²) in [4.78, 5) is 3.11. The van der Waals surface area contributed by atoms with E-state index in [0.717, 1.165) is 19.3 Å². The Morgan fingerprint density at radius 2 is 1.12 bits per heavy atom. The zero-order chi connectivity index (χ0) is 41.2. The number of rotatable bonds is 25. The van der Waals surface area contributed by atoms with Crippen LogP contribution in [0.2, 0.25) is 0 Å². The van der Waals surface area contributed by atoms with Gasteiger partial charge in [0.25, 0.3) is 0 Å². The van der Waals surface area contributed by atoms with Gasteiger partial charge in [-0.1, -0.05) is 151 Å². The molecule has 0 amide bonds. The monoisotopic (exact) mass is 1020 g/mol. The number of hydrogen-bond donors (Lipinski definition) is 2.